The Labute approximate surface area is 148 Å². The number of H-pyrrole nitrogens is 3. The van der Waals surface area contributed by atoms with Crippen molar-refractivity contribution in [2.75, 3.05) is 0 Å². The van der Waals surface area contributed by atoms with Gasteiger partial charge in [0.15, 0.2) is 11.5 Å². The van der Waals surface area contributed by atoms with Gasteiger partial charge in [-0.2, -0.15) is 20.0 Å². The number of nitrogens with one attached hydrogen (secondary N) is 3. The second-order valence-electron chi connectivity index (χ2n) is 5.42. The lowest BCUT2D eigenvalue weighted by atomic mass is 10.4. The summed E-state index contributed by atoms with van der Waals surface area (Å²) in [5.41, 5.74) is -0.0139. The van der Waals surface area contributed by atoms with Crippen LogP contribution in [0.4, 0.5) is 11.5 Å². The SMILES string of the molecule is Cc1[nH]n2c(C)nnc2c1N=Nc1c(C#N)cnn1-c1nc(=O)[nH]c(=O)[nH]1. The lowest BCUT2D eigenvalue weighted by Crippen LogP contribution is -2.27. The predicted molar refractivity (Wildman–Crippen MR) is 88.3 cm³/mol. The molecule has 4 aromatic rings. The fourth-order valence-electron chi connectivity index (χ4n) is 2.41. The van der Waals surface area contributed by atoms with E-state index in [1.807, 2.05) is 11.1 Å². The lowest BCUT2D eigenvalue weighted by Gasteiger charge is -2.00. The van der Waals surface area contributed by atoms with Gasteiger partial charge in [-0.1, -0.05) is 0 Å². The topological polar surface area (TPSA) is 191 Å². The van der Waals surface area contributed by atoms with Gasteiger partial charge >= 0.3 is 11.4 Å². The van der Waals surface area contributed by atoms with Crippen molar-refractivity contribution < 1.29 is 0 Å². The van der Waals surface area contributed by atoms with Crippen molar-refractivity contribution in [2.24, 2.45) is 10.2 Å². The molecule has 0 unspecified atom stereocenters. The summed E-state index contributed by atoms with van der Waals surface area (Å²) in [6.07, 6.45) is 1.22. The molecule has 0 radical (unpaired) electrons. The van der Waals surface area contributed by atoms with Gasteiger partial charge in [0, 0.05) is 0 Å². The predicted octanol–water partition coefficient (Wildman–Crippen LogP) is -0.0814. The molecular formula is C13H10N12O2. The minimum absolute atomic E-state index is 0.0127. The molecule has 0 saturated carbocycles. The maximum absolute atomic E-state index is 11.5. The summed E-state index contributed by atoms with van der Waals surface area (Å²) in [7, 11) is 0. The molecule has 4 heterocycles. The van der Waals surface area contributed by atoms with Gasteiger partial charge in [0.2, 0.25) is 11.6 Å². The first kappa shape index (κ1) is 16.1. The molecule has 14 nitrogen and oxygen atoms in total. The van der Waals surface area contributed by atoms with Gasteiger partial charge in [-0.15, -0.1) is 20.4 Å². The van der Waals surface area contributed by atoms with E-state index in [-0.39, 0.29) is 17.3 Å². The highest BCUT2D eigenvalue weighted by Crippen LogP contribution is 2.28. The summed E-state index contributed by atoms with van der Waals surface area (Å²) < 4.78 is 2.68. The second-order valence-corrected chi connectivity index (χ2v) is 5.42. The zero-order valence-corrected chi connectivity index (χ0v) is 13.9. The van der Waals surface area contributed by atoms with Gasteiger partial charge in [0.1, 0.15) is 17.5 Å². The Kier molecular flexibility index (Phi) is 3.48. The molecule has 0 saturated heterocycles. The van der Waals surface area contributed by atoms with E-state index in [1.165, 1.54) is 6.20 Å². The van der Waals surface area contributed by atoms with E-state index in [1.54, 1.807) is 18.4 Å². The summed E-state index contributed by atoms with van der Waals surface area (Å²) >= 11 is 0. The summed E-state index contributed by atoms with van der Waals surface area (Å²) in [6, 6.07) is 1.92. The number of rotatable bonds is 3. The number of aryl methyl sites for hydroxylation is 2. The molecule has 0 amide bonds. The largest absolute Gasteiger partial charge is 0.352 e. The van der Waals surface area contributed by atoms with Crippen LogP contribution in [0.2, 0.25) is 0 Å². The van der Waals surface area contributed by atoms with Gasteiger partial charge < -0.3 is 0 Å². The molecule has 27 heavy (non-hydrogen) atoms. The van der Waals surface area contributed by atoms with Gasteiger partial charge in [0.05, 0.1) is 11.9 Å². The van der Waals surface area contributed by atoms with Gasteiger partial charge in [-0.25, -0.2) is 14.1 Å². The maximum Gasteiger partial charge on any atom is 0.352 e. The summed E-state index contributed by atoms with van der Waals surface area (Å²) in [5, 5.41) is 32.4. The van der Waals surface area contributed by atoms with Crippen LogP contribution in [0.25, 0.3) is 11.6 Å². The minimum atomic E-state index is -0.868. The van der Waals surface area contributed by atoms with Crippen molar-refractivity contribution in [3.05, 3.63) is 44.2 Å². The number of hydrogen-bond donors (Lipinski definition) is 3. The summed E-state index contributed by atoms with van der Waals surface area (Å²) in [5.74, 6) is 0.428. The van der Waals surface area contributed by atoms with Gasteiger partial charge in [-0.05, 0) is 13.8 Å². The number of fused-ring (bicyclic) bond motifs is 1. The van der Waals surface area contributed by atoms with Crippen LogP contribution in [0.3, 0.4) is 0 Å². The molecule has 0 aliphatic rings. The van der Waals surface area contributed by atoms with Crippen molar-refractivity contribution in [2.45, 2.75) is 13.8 Å². The van der Waals surface area contributed by atoms with Gasteiger partial charge in [-0.3, -0.25) is 15.1 Å². The molecular weight excluding hydrogens is 356 g/mol. The fraction of sp³-hybridized carbons (Fsp3) is 0.154. The van der Waals surface area contributed by atoms with E-state index in [9.17, 15) is 14.9 Å². The lowest BCUT2D eigenvalue weighted by molar-refractivity contribution is 0.765. The van der Waals surface area contributed by atoms with E-state index in [0.717, 1.165) is 4.68 Å². The quantitative estimate of drug-likeness (QED) is 0.422. The summed E-state index contributed by atoms with van der Waals surface area (Å²) in [6.45, 7) is 3.55. The molecule has 0 spiro atoms. The van der Waals surface area contributed by atoms with E-state index < -0.39 is 11.4 Å². The zero-order chi connectivity index (χ0) is 19.1. The van der Waals surface area contributed by atoms with Crippen LogP contribution in [-0.2, 0) is 0 Å². The van der Waals surface area contributed by atoms with E-state index in [4.69, 9.17) is 0 Å². The van der Waals surface area contributed by atoms with Crippen LogP contribution in [-0.4, -0.2) is 44.5 Å². The number of azo groups is 1. The average Bonchev–Trinajstić information content (AvgIpc) is 3.27. The number of aromatic nitrogens is 9. The van der Waals surface area contributed by atoms with Crippen LogP contribution in [0.15, 0.2) is 26.0 Å². The Morgan fingerprint density at radius 1 is 1.19 bits per heavy atom. The van der Waals surface area contributed by atoms with Crippen LogP contribution < -0.4 is 11.4 Å². The highest BCUT2D eigenvalue weighted by atomic mass is 16.2. The normalized spacial score (nSPS) is 11.4. The second kappa shape index (κ2) is 5.84. The standard InChI is InChI=1S/C13H10N12O2/c1-5-8(10-22-19-6(2)24(10)23-5)20-21-9-7(3-14)4-15-25(9)11-16-12(26)18-13(27)17-11/h4,23H,1-2H3,(H2,16,17,18,26,27). The van der Waals surface area contributed by atoms with Crippen molar-refractivity contribution in [3.8, 4) is 12.0 Å². The van der Waals surface area contributed by atoms with Crippen LogP contribution in [0.5, 0.6) is 0 Å². The zero-order valence-electron chi connectivity index (χ0n) is 13.9. The fourth-order valence-corrected chi connectivity index (χ4v) is 2.41. The molecule has 4 aromatic heterocycles. The maximum atomic E-state index is 11.5. The Hall–Kier alpha value is -4.41. The van der Waals surface area contributed by atoms with E-state index in [0.29, 0.717) is 22.9 Å². The van der Waals surface area contributed by atoms with Crippen molar-refractivity contribution in [1.82, 2.24) is 44.5 Å². The third-order valence-corrected chi connectivity index (χ3v) is 3.63. The molecule has 0 fully saturated rings. The first-order valence-electron chi connectivity index (χ1n) is 7.49. The average molecular weight is 366 g/mol. The van der Waals surface area contributed by atoms with Gasteiger partial charge in [0.25, 0.3) is 0 Å². The number of hydrogen-bond acceptors (Lipinski definition) is 9. The van der Waals surface area contributed by atoms with Crippen molar-refractivity contribution in [3.63, 3.8) is 0 Å². The highest BCUT2D eigenvalue weighted by molar-refractivity contribution is 5.66. The molecule has 0 bridgehead atoms. The van der Waals surface area contributed by atoms with E-state index >= 15 is 0 Å². The number of nitriles is 1. The van der Waals surface area contributed by atoms with Crippen molar-refractivity contribution >= 4 is 17.2 Å². The first-order chi connectivity index (χ1) is 13.0. The summed E-state index contributed by atoms with van der Waals surface area (Å²) in [4.78, 5) is 30.8. The molecule has 0 atom stereocenters. The van der Waals surface area contributed by atoms with Crippen molar-refractivity contribution in [1.29, 1.82) is 5.26 Å². The molecule has 0 aliphatic carbocycles. The molecule has 0 aromatic carbocycles. The number of aromatic amines is 3. The Balaban J connectivity index is 1.86. The van der Waals surface area contributed by atoms with Crippen LogP contribution in [0.1, 0.15) is 17.1 Å². The monoisotopic (exact) mass is 366 g/mol. The molecule has 3 N–H and O–H groups in total. The third-order valence-electron chi connectivity index (χ3n) is 3.63. The van der Waals surface area contributed by atoms with Crippen LogP contribution >= 0.6 is 0 Å². The molecule has 14 heteroatoms. The molecule has 134 valence electrons. The number of nitrogens with zero attached hydrogens (tertiary/aromatic N) is 9. The Morgan fingerprint density at radius 2 is 2.00 bits per heavy atom. The first-order valence-corrected chi connectivity index (χ1v) is 7.49. The Bertz CT molecular complexity index is 1330. The van der Waals surface area contributed by atoms with Crippen LogP contribution in [0, 0.1) is 25.2 Å². The third kappa shape index (κ3) is 2.59. The molecule has 4 rings (SSSR count). The highest BCUT2D eigenvalue weighted by Gasteiger charge is 2.16. The van der Waals surface area contributed by atoms with E-state index in [2.05, 4.69) is 40.6 Å². The minimum Gasteiger partial charge on any atom is -0.293 e. The smallest absolute Gasteiger partial charge is 0.293 e. The molecule has 0 aliphatic heterocycles. The Morgan fingerprint density at radius 3 is 2.74 bits per heavy atom.